The highest BCUT2D eigenvalue weighted by Crippen LogP contribution is 2.66. The Kier molecular flexibility index (Phi) is 7.53. The molecule has 0 N–H and O–H groups in total. The Bertz CT molecular complexity index is 3500. The van der Waals surface area contributed by atoms with Gasteiger partial charge in [0.25, 0.3) is 0 Å². The monoisotopic (exact) mass is 829 g/mol. The van der Waals surface area contributed by atoms with Crippen molar-refractivity contribution in [1.82, 2.24) is 0 Å². The van der Waals surface area contributed by atoms with Gasteiger partial charge in [-0.1, -0.05) is 188 Å². The van der Waals surface area contributed by atoms with E-state index in [-0.39, 0.29) is 0 Å². The molecule has 0 aromatic heterocycles. The molecule has 0 bridgehead atoms. The van der Waals surface area contributed by atoms with E-state index in [1.165, 1.54) is 44.5 Å². The first-order chi connectivity index (χ1) is 32.3. The number of hydrogen-bond acceptors (Lipinski definition) is 3. The van der Waals surface area contributed by atoms with Gasteiger partial charge in [-0.15, -0.1) is 0 Å². The topological polar surface area (TPSA) is 21.7 Å². The summed E-state index contributed by atoms with van der Waals surface area (Å²) in [5.74, 6) is 3.49. The summed E-state index contributed by atoms with van der Waals surface area (Å²) in [6.07, 6.45) is 0. The van der Waals surface area contributed by atoms with E-state index in [0.29, 0.717) is 0 Å². The zero-order valence-electron chi connectivity index (χ0n) is 35.3. The molecule has 14 rings (SSSR count). The second-order valence-electron chi connectivity index (χ2n) is 17.4. The number of fused-ring (bicyclic) bond motifs is 18. The van der Waals surface area contributed by atoms with Crippen molar-refractivity contribution in [3.8, 4) is 56.4 Å². The normalized spacial score (nSPS) is 14.3. The minimum Gasteiger partial charge on any atom is -0.457 e. The van der Waals surface area contributed by atoms with Crippen molar-refractivity contribution in [2.75, 3.05) is 4.90 Å². The molecule has 2 aliphatic heterocycles. The summed E-state index contributed by atoms with van der Waals surface area (Å²) >= 11 is 0. The van der Waals surface area contributed by atoms with E-state index in [1.54, 1.807) is 0 Å². The van der Waals surface area contributed by atoms with Crippen molar-refractivity contribution in [2.45, 2.75) is 10.8 Å². The van der Waals surface area contributed by atoms with Crippen LogP contribution < -0.4 is 14.4 Å². The Hall–Kier alpha value is -8.40. The van der Waals surface area contributed by atoms with Gasteiger partial charge in [0.15, 0.2) is 0 Å². The molecule has 3 nitrogen and oxygen atoms in total. The molecular formula is C62H39NO2. The van der Waals surface area contributed by atoms with E-state index in [0.717, 1.165) is 73.4 Å². The summed E-state index contributed by atoms with van der Waals surface area (Å²) in [6.45, 7) is 0. The predicted molar refractivity (Wildman–Crippen MR) is 261 cm³/mol. The van der Waals surface area contributed by atoms with Gasteiger partial charge in [0.05, 0.1) is 22.2 Å². The van der Waals surface area contributed by atoms with Crippen LogP contribution in [-0.4, -0.2) is 0 Å². The van der Waals surface area contributed by atoms with E-state index in [4.69, 9.17) is 9.47 Å². The van der Waals surface area contributed by atoms with Crippen LogP contribution in [0.2, 0.25) is 0 Å². The van der Waals surface area contributed by atoms with Crippen LogP contribution in [0.3, 0.4) is 0 Å². The number of para-hydroxylation sites is 5. The smallest absolute Gasteiger partial charge is 0.132 e. The standard InChI is InChI=1S/C62H39NO2/c1-2-19-40(20-3-1)42-21-6-13-31-54(42)63(41-37-38-45-43-22-4-7-25-47(43)61(53(45)39-41)49-27-9-14-33-56(49)64-57-34-15-10-28-50(57)61)55-32-18-24-46-44-23-5-8-26-48(44)62(60(46)55)51-29-11-16-35-58(51)65-59-36-17-12-30-52(59)62/h1-39H. The summed E-state index contributed by atoms with van der Waals surface area (Å²) in [7, 11) is 0. The molecule has 304 valence electrons. The molecule has 4 aliphatic rings. The molecule has 0 saturated carbocycles. The van der Waals surface area contributed by atoms with Gasteiger partial charge in [0.2, 0.25) is 0 Å². The SMILES string of the molecule is c1ccc(-c2ccccc2N(c2ccc3c(c2)C2(c4ccccc4Oc4ccccc42)c2ccccc2-3)c2cccc3c2C2(c4ccccc4Oc4ccccc42)c2ccccc2-3)cc1. The molecule has 0 atom stereocenters. The van der Waals surface area contributed by atoms with Gasteiger partial charge in [-0.05, 0) is 93.0 Å². The van der Waals surface area contributed by atoms with Gasteiger partial charge in [-0.3, -0.25) is 0 Å². The predicted octanol–water partition coefficient (Wildman–Crippen LogP) is 15.8. The summed E-state index contributed by atoms with van der Waals surface area (Å²) < 4.78 is 13.6. The van der Waals surface area contributed by atoms with Gasteiger partial charge in [-0.2, -0.15) is 0 Å². The first-order valence-corrected chi connectivity index (χ1v) is 22.4. The largest absolute Gasteiger partial charge is 0.457 e. The van der Waals surface area contributed by atoms with Gasteiger partial charge in [0.1, 0.15) is 23.0 Å². The Morgan fingerprint density at radius 3 is 1.29 bits per heavy atom. The molecule has 3 heteroatoms. The van der Waals surface area contributed by atoms with Crippen molar-refractivity contribution in [2.24, 2.45) is 0 Å². The zero-order chi connectivity index (χ0) is 42.7. The lowest BCUT2D eigenvalue weighted by molar-refractivity contribution is 0.436. The minimum absolute atomic E-state index is 0.632. The summed E-state index contributed by atoms with van der Waals surface area (Å²) in [6, 6.07) is 86.2. The lowest BCUT2D eigenvalue weighted by atomic mass is 9.65. The van der Waals surface area contributed by atoms with Crippen LogP contribution in [0.5, 0.6) is 23.0 Å². The highest BCUT2D eigenvalue weighted by Gasteiger charge is 2.54. The summed E-state index contributed by atoms with van der Waals surface area (Å²) in [5.41, 5.74) is 18.6. The number of rotatable bonds is 4. The third kappa shape index (κ3) is 4.74. The van der Waals surface area contributed by atoms with Crippen LogP contribution in [0.25, 0.3) is 33.4 Å². The number of ether oxygens (including phenoxy) is 2. The van der Waals surface area contributed by atoms with Crippen LogP contribution in [-0.2, 0) is 10.8 Å². The number of hydrogen-bond donors (Lipinski definition) is 0. The van der Waals surface area contributed by atoms with E-state index in [1.807, 2.05) is 0 Å². The average molecular weight is 830 g/mol. The zero-order valence-corrected chi connectivity index (χ0v) is 35.3. The molecule has 10 aromatic carbocycles. The van der Waals surface area contributed by atoms with E-state index < -0.39 is 10.8 Å². The maximum absolute atomic E-state index is 6.82. The number of benzene rings is 10. The first kappa shape index (κ1) is 36.1. The molecule has 0 fully saturated rings. The highest BCUT2D eigenvalue weighted by atomic mass is 16.5. The molecule has 2 spiro atoms. The number of anilines is 3. The van der Waals surface area contributed by atoms with Crippen LogP contribution in [0.15, 0.2) is 237 Å². The molecule has 0 unspecified atom stereocenters. The molecule has 0 saturated heterocycles. The average Bonchev–Trinajstić information content (AvgIpc) is 3.83. The van der Waals surface area contributed by atoms with E-state index >= 15 is 0 Å². The molecule has 0 amide bonds. The fourth-order valence-electron chi connectivity index (χ4n) is 12.0. The fourth-order valence-corrected chi connectivity index (χ4v) is 12.0. The lowest BCUT2D eigenvalue weighted by Crippen LogP contribution is -2.33. The summed E-state index contributed by atoms with van der Waals surface area (Å²) in [4.78, 5) is 2.55. The highest BCUT2D eigenvalue weighted by molar-refractivity contribution is 5.99. The van der Waals surface area contributed by atoms with Crippen molar-refractivity contribution < 1.29 is 9.47 Å². The molecule has 2 aliphatic carbocycles. The van der Waals surface area contributed by atoms with Crippen molar-refractivity contribution >= 4 is 17.1 Å². The van der Waals surface area contributed by atoms with Crippen molar-refractivity contribution in [1.29, 1.82) is 0 Å². The van der Waals surface area contributed by atoms with Crippen LogP contribution in [0, 0.1) is 0 Å². The van der Waals surface area contributed by atoms with Gasteiger partial charge >= 0.3 is 0 Å². The summed E-state index contributed by atoms with van der Waals surface area (Å²) in [5, 5.41) is 0. The fraction of sp³-hybridized carbons (Fsp3) is 0.0323. The third-order valence-electron chi connectivity index (χ3n) is 14.4. The molecule has 0 radical (unpaired) electrons. The Balaban J connectivity index is 1.12. The van der Waals surface area contributed by atoms with Crippen LogP contribution in [0.1, 0.15) is 44.5 Å². The van der Waals surface area contributed by atoms with Crippen molar-refractivity contribution in [3.05, 3.63) is 281 Å². The third-order valence-corrected chi connectivity index (χ3v) is 14.4. The molecule has 10 aromatic rings. The second kappa shape index (κ2) is 13.6. The maximum Gasteiger partial charge on any atom is 0.132 e. The molecule has 2 heterocycles. The van der Waals surface area contributed by atoms with Crippen LogP contribution >= 0.6 is 0 Å². The van der Waals surface area contributed by atoms with E-state index in [2.05, 4.69) is 241 Å². The van der Waals surface area contributed by atoms with Crippen LogP contribution in [0.4, 0.5) is 17.1 Å². The molecule has 65 heavy (non-hydrogen) atoms. The van der Waals surface area contributed by atoms with Gasteiger partial charge in [-0.25, -0.2) is 0 Å². The lowest BCUT2D eigenvalue weighted by Gasteiger charge is -2.42. The van der Waals surface area contributed by atoms with E-state index in [9.17, 15) is 0 Å². The van der Waals surface area contributed by atoms with Gasteiger partial charge in [0, 0.05) is 39.1 Å². The van der Waals surface area contributed by atoms with Crippen molar-refractivity contribution in [3.63, 3.8) is 0 Å². The second-order valence-corrected chi connectivity index (χ2v) is 17.4. The quantitative estimate of drug-likeness (QED) is 0.176. The maximum atomic E-state index is 6.82. The molecular weight excluding hydrogens is 791 g/mol. The van der Waals surface area contributed by atoms with Gasteiger partial charge < -0.3 is 14.4 Å². The Morgan fingerprint density at radius 2 is 0.692 bits per heavy atom. The minimum atomic E-state index is -0.694. The number of nitrogens with zero attached hydrogens (tertiary/aromatic N) is 1. The Labute approximate surface area is 378 Å². The Morgan fingerprint density at radius 1 is 0.277 bits per heavy atom. The first-order valence-electron chi connectivity index (χ1n) is 22.4.